The van der Waals surface area contributed by atoms with Gasteiger partial charge in [0.25, 0.3) is 11.8 Å². The van der Waals surface area contributed by atoms with Gasteiger partial charge in [0.05, 0.1) is 33.2 Å². The Morgan fingerprint density at radius 2 is 2.00 bits per heavy atom. The lowest BCUT2D eigenvalue weighted by Gasteiger charge is -2.33. The van der Waals surface area contributed by atoms with Gasteiger partial charge in [0.1, 0.15) is 6.54 Å². The average molecular weight is 348 g/mol. The monoisotopic (exact) mass is 348 g/mol. The third-order valence-corrected chi connectivity index (χ3v) is 5.17. The number of aryl methyl sites for hydroxylation is 1. The molecule has 0 spiro atoms. The molecule has 1 heterocycles. The highest BCUT2D eigenvalue weighted by Gasteiger charge is 2.28. The summed E-state index contributed by atoms with van der Waals surface area (Å²) in [6, 6.07) is 8.42. The molecule has 3 N–H and O–H groups in total. The number of piperazine rings is 1. The summed E-state index contributed by atoms with van der Waals surface area (Å²) in [6.45, 7) is 8.89. The van der Waals surface area contributed by atoms with Gasteiger partial charge in [-0.15, -0.1) is 0 Å². The Bertz CT molecular complexity index is 597. The Morgan fingerprint density at radius 3 is 2.60 bits per heavy atom. The number of nitrogens with one attached hydrogen (secondary N) is 3. The third-order valence-electron chi connectivity index (χ3n) is 5.17. The molecular weight excluding hydrogens is 316 g/mol. The van der Waals surface area contributed by atoms with Gasteiger partial charge < -0.3 is 20.0 Å². The van der Waals surface area contributed by atoms with Crippen molar-refractivity contribution in [1.29, 1.82) is 0 Å². The van der Waals surface area contributed by atoms with Crippen molar-refractivity contribution in [1.82, 2.24) is 10.2 Å². The summed E-state index contributed by atoms with van der Waals surface area (Å²) >= 11 is 0. The second-order valence-electron chi connectivity index (χ2n) is 7.16. The number of benzene rings is 1. The Labute approximate surface area is 150 Å². The number of carbonyl (C=O) groups is 2. The smallest absolute Gasteiger partial charge is 0.278 e. The maximum absolute atomic E-state index is 12.5. The zero-order valence-electron chi connectivity index (χ0n) is 15.9. The van der Waals surface area contributed by atoms with Crippen molar-refractivity contribution < 1.29 is 19.4 Å². The number of likely N-dealkylation sites (N-methyl/N-ethyl adjacent to an activating group) is 2. The SMILES string of the molecule is CNC(=O)[C@@H](C)[NH+](C)CC(=O)N1CC[NH+](Cc2cccc(C)c2)CC1. The van der Waals surface area contributed by atoms with Gasteiger partial charge in [-0.2, -0.15) is 0 Å². The molecule has 1 fully saturated rings. The highest BCUT2D eigenvalue weighted by molar-refractivity contribution is 5.80. The maximum atomic E-state index is 12.5. The molecule has 25 heavy (non-hydrogen) atoms. The first kappa shape index (κ1) is 19.4. The fourth-order valence-electron chi connectivity index (χ4n) is 3.30. The van der Waals surface area contributed by atoms with Gasteiger partial charge in [-0.3, -0.25) is 9.59 Å². The van der Waals surface area contributed by atoms with Gasteiger partial charge in [0, 0.05) is 12.6 Å². The van der Waals surface area contributed by atoms with Crippen molar-refractivity contribution in [2.24, 2.45) is 0 Å². The molecule has 1 unspecified atom stereocenters. The molecule has 1 aromatic carbocycles. The molecule has 6 nitrogen and oxygen atoms in total. The van der Waals surface area contributed by atoms with Gasteiger partial charge >= 0.3 is 0 Å². The van der Waals surface area contributed by atoms with E-state index in [1.54, 1.807) is 7.05 Å². The van der Waals surface area contributed by atoms with E-state index in [-0.39, 0.29) is 17.9 Å². The summed E-state index contributed by atoms with van der Waals surface area (Å²) in [7, 11) is 3.53. The number of hydrogen-bond donors (Lipinski definition) is 3. The molecule has 0 bridgehead atoms. The summed E-state index contributed by atoms with van der Waals surface area (Å²) in [6.07, 6.45) is 0. The Kier molecular flexibility index (Phi) is 6.96. The predicted molar refractivity (Wildman–Crippen MR) is 97.4 cm³/mol. The molecule has 1 saturated heterocycles. The van der Waals surface area contributed by atoms with E-state index in [1.165, 1.54) is 16.0 Å². The lowest BCUT2D eigenvalue weighted by Crippen LogP contribution is -3.16. The zero-order chi connectivity index (χ0) is 18.4. The first-order valence-electron chi connectivity index (χ1n) is 9.11. The van der Waals surface area contributed by atoms with Gasteiger partial charge in [-0.1, -0.05) is 29.8 Å². The van der Waals surface area contributed by atoms with Crippen LogP contribution in [-0.2, 0) is 16.1 Å². The van der Waals surface area contributed by atoms with Crippen molar-refractivity contribution in [3.8, 4) is 0 Å². The van der Waals surface area contributed by atoms with E-state index in [9.17, 15) is 9.59 Å². The van der Waals surface area contributed by atoms with E-state index in [0.717, 1.165) is 37.6 Å². The number of carbonyl (C=O) groups excluding carboxylic acids is 2. The van der Waals surface area contributed by atoms with E-state index in [4.69, 9.17) is 0 Å². The third kappa shape index (κ3) is 5.54. The van der Waals surface area contributed by atoms with Crippen LogP contribution < -0.4 is 15.1 Å². The highest BCUT2D eigenvalue weighted by Crippen LogP contribution is 2.02. The first-order chi connectivity index (χ1) is 11.9. The molecule has 0 aliphatic carbocycles. The van der Waals surface area contributed by atoms with E-state index in [1.807, 2.05) is 18.9 Å². The van der Waals surface area contributed by atoms with Crippen molar-refractivity contribution in [2.75, 3.05) is 46.8 Å². The maximum Gasteiger partial charge on any atom is 0.278 e. The fraction of sp³-hybridized carbons (Fsp3) is 0.579. The molecular formula is C19H32N4O2+2. The molecule has 0 saturated carbocycles. The minimum atomic E-state index is -0.220. The highest BCUT2D eigenvalue weighted by atomic mass is 16.2. The second kappa shape index (κ2) is 8.97. The molecule has 138 valence electrons. The summed E-state index contributed by atoms with van der Waals surface area (Å²) in [5, 5.41) is 2.64. The summed E-state index contributed by atoms with van der Waals surface area (Å²) < 4.78 is 0. The van der Waals surface area contributed by atoms with Crippen LogP contribution in [0.1, 0.15) is 18.1 Å². The Morgan fingerprint density at radius 1 is 1.32 bits per heavy atom. The van der Waals surface area contributed by atoms with Crippen LogP contribution in [0.3, 0.4) is 0 Å². The van der Waals surface area contributed by atoms with Crippen LogP contribution >= 0.6 is 0 Å². The standard InChI is InChI=1S/C19H30N4O2/c1-15-6-5-7-17(12-15)13-22-8-10-23(11-9-22)18(24)14-21(4)16(2)19(25)20-3/h5-7,12,16H,8-11,13-14H2,1-4H3,(H,20,25)/p+2/t16-/m1/s1. The van der Waals surface area contributed by atoms with E-state index in [2.05, 4.69) is 36.5 Å². The molecule has 0 radical (unpaired) electrons. The van der Waals surface area contributed by atoms with E-state index >= 15 is 0 Å². The molecule has 1 aliphatic rings. The Hall–Kier alpha value is -1.92. The van der Waals surface area contributed by atoms with Gasteiger partial charge in [-0.25, -0.2) is 0 Å². The quantitative estimate of drug-likeness (QED) is 0.550. The van der Waals surface area contributed by atoms with Gasteiger partial charge in [-0.05, 0) is 13.8 Å². The van der Waals surface area contributed by atoms with Crippen molar-refractivity contribution in [3.63, 3.8) is 0 Å². The van der Waals surface area contributed by atoms with Crippen molar-refractivity contribution in [3.05, 3.63) is 35.4 Å². The largest absolute Gasteiger partial charge is 0.354 e. The number of rotatable bonds is 6. The van der Waals surface area contributed by atoms with E-state index in [0.29, 0.717) is 6.54 Å². The molecule has 2 amide bonds. The molecule has 1 aliphatic heterocycles. The topological polar surface area (TPSA) is 58.3 Å². The predicted octanol–water partition coefficient (Wildman–Crippen LogP) is -2.13. The zero-order valence-corrected chi connectivity index (χ0v) is 15.9. The van der Waals surface area contributed by atoms with Crippen LogP contribution in [0.15, 0.2) is 24.3 Å². The second-order valence-corrected chi connectivity index (χ2v) is 7.16. The molecule has 6 heteroatoms. The van der Waals surface area contributed by atoms with Gasteiger partial charge in [0.2, 0.25) is 0 Å². The van der Waals surface area contributed by atoms with Crippen LogP contribution in [0.2, 0.25) is 0 Å². The van der Waals surface area contributed by atoms with Crippen LogP contribution in [0.5, 0.6) is 0 Å². The van der Waals surface area contributed by atoms with Gasteiger partial charge in [0.15, 0.2) is 12.6 Å². The molecule has 1 aromatic rings. The number of quaternary nitrogens is 2. The minimum Gasteiger partial charge on any atom is -0.354 e. The average Bonchev–Trinajstić information content (AvgIpc) is 2.60. The van der Waals surface area contributed by atoms with Crippen molar-refractivity contribution in [2.45, 2.75) is 26.4 Å². The van der Waals surface area contributed by atoms with Crippen LogP contribution in [-0.4, -0.2) is 69.6 Å². The normalized spacial score (nSPS) is 17.8. The first-order valence-corrected chi connectivity index (χ1v) is 9.11. The minimum absolute atomic E-state index is 0.0299. The van der Waals surface area contributed by atoms with Crippen LogP contribution in [0.25, 0.3) is 0 Å². The van der Waals surface area contributed by atoms with Crippen molar-refractivity contribution >= 4 is 11.8 Å². The number of amides is 2. The van der Waals surface area contributed by atoms with Crippen LogP contribution in [0.4, 0.5) is 0 Å². The Balaban J connectivity index is 1.79. The van der Waals surface area contributed by atoms with E-state index < -0.39 is 0 Å². The molecule has 2 atom stereocenters. The lowest BCUT2D eigenvalue weighted by atomic mass is 10.1. The summed E-state index contributed by atoms with van der Waals surface area (Å²) in [4.78, 5) is 28.6. The number of hydrogen-bond acceptors (Lipinski definition) is 2. The molecule has 2 rings (SSSR count). The lowest BCUT2D eigenvalue weighted by molar-refractivity contribution is -0.918. The fourth-order valence-corrected chi connectivity index (χ4v) is 3.30. The molecule has 0 aromatic heterocycles. The number of nitrogens with zero attached hydrogens (tertiary/aromatic N) is 1. The van der Waals surface area contributed by atoms with Crippen LogP contribution in [0, 0.1) is 6.92 Å². The summed E-state index contributed by atoms with van der Waals surface area (Å²) in [5.74, 6) is 0.112. The summed E-state index contributed by atoms with van der Waals surface area (Å²) in [5.41, 5.74) is 2.65.